The Morgan fingerprint density at radius 1 is 1.15 bits per heavy atom. The minimum absolute atomic E-state index is 0.102. The van der Waals surface area contributed by atoms with Crippen LogP contribution in [-0.4, -0.2) is 54.1 Å². The van der Waals surface area contributed by atoms with Crippen molar-refractivity contribution in [1.29, 1.82) is 0 Å². The number of carbonyl (C=O) groups is 1. The molecule has 33 heavy (non-hydrogen) atoms. The smallest absolute Gasteiger partial charge is 0.258 e. The summed E-state index contributed by atoms with van der Waals surface area (Å²) in [5.74, 6) is 0.724. The second kappa shape index (κ2) is 10.6. The van der Waals surface area contributed by atoms with E-state index >= 15 is 0 Å². The van der Waals surface area contributed by atoms with E-state index in [9.17, 15) is 9.59 Å². The fraction of sp³-hybridized carbons (Fsp3) is 0.423. The zero-order valence-electron chi connectivity index (χ0n) is 19.4. The maximum atomic E-state index is 13.1. The third-order valence-electron chi connectivity index (χ3n) is 6.09. The molecule has 4 rings (SSSR count). The molecule has 2 aromatic carbocycles. The average molecular weight is 449 g/mol. The Morgan fingerprint density at radius 3 is 2.67 bits per heavy atom. The zero-order chi connectivity index (χ0) is 23.2. The molecule has 3 aromatic rings. The molecule has 0 spiro atoms. The second-order valence-electron chi connectivity index (χ2n) is 8.85. The molecule has 0 radical (unpaired) electrons. The fourth-order valence-electron chi connectivity index (χ4n) is 4.23. The Bertz CT molecular complexity index is 1130. The summed E-state index contributed by atoms with van der Waals surface area (Å²) >= 11 is 0. The van der Waals surface area contributed by atoms with Gasteiger partial charge in [0.2, 0.25) is 5.91 Å². The van der Waals surface area contributed by atoms with E-state index in [1.165, 1.54) is 0 Å². The molecule has 1 unspecified atom stereocenters. The molecule has 7 heteroatoms. The van der Waals surface area contributed by atoms with Crippen LogP contribution in [0.5, 0.6) is 0 Å². The van der Waals surface area contributed by atoms with Crippen LogP contribution < -0.4 is 10.5 Å². The zero-order valence-corrected chi connectivity index (χ0v) is 19.4. The number of carbonyl (C=O) groups excluding carboxylic acids is 1. The van der Waals surface area contributed by atoms with Gasteiger partial charge in [0.1, 0.15) is 5.82 Å². The molecule has 1 atom stereocenters. The van der Waals surface area contributed by atoms with Crippen LogP contribution in [0.15, 0.2) is 53.3 Å². The molecule has 2 heterocycles. The summed E-state index contributed by atoms with van der Waals surface area (Å²) in [4.78, 5) is 36.8. The topological polar surface area (TPSA) is 78.5 Å². The predicted molar refractivity (Wildman–Crippen MR) is 130 cm³/mol. The summed E-state index contributed by atoms with van der Waals surface area (Å²) < 4.78 is 5.80. The van der Waals surface area contributed by atoms with Crippen molar-refractivity contribution in [1.82, 2.24) is 14.9 Å². The monoisotopic (exact) mass is 448 g/mol. The van der Waals surface area contributed by atoms with Gasteiger partial charge >= 0.3 is 0 Å². The number of anilines is 1. The van der Waals surface area contributed by atoms with Crippen molar-refractivity contribution in [2.24, 2.45) is 0 Å². The Morgan fingerprint density at radius 2 is 1.94 bits per heavy atom. The van der Waals surface area contributed by atoms with E-state index in [1.807, 2.05) is 37.2 Å². The van der Waals surface area contributed by atoms with E-state index in [4.69, 9.17) is 4.74 Å². The van der Waals surface area contributed by atoms with Crippen LogP contribution in [0.3, 0.4) is 0 Å². The van der Waals surface area contributed by atoms with Crippen molar-refractivity contribution >= 4 is 22.5 Å². The molecule has 174 valence electrons. The Labute approximate surface area is 194 Å². The van der Waals surface area contributed by atoms with Gasteiger partial charge in [0, 0.05) is 52.3 Å². The molecule has 1 aromatic heterocycles. The molecule has 1 N–H and O–H groups in total. The van der Waals surface area contributed by atoms with Crippen LogP contribution in [0.2, 0.25) is 0 Å². The maximum Gasteiger partial charge on any atom is 0.258 e. The largest absolute Gasteiger partial charge is 0.378 e. The highest BCUT2D eigenvalue weighted by molar-refractivity contribution is 5.77. The molecule has 0 saturated carbocycles. The summed E-state index contributed by atoms with van der Waals surface area (Å²) in [7, 11) is 4.03. The number of aromatic amines is 1. The lowest BCUT2D eigenvalue weighted by Crippen LogP contribution is -2.36. The molecule has 1 aliphatic rings. The molecule has 0 aliphatic carbocycles. The number of rotatable bonds is 9. The van der Waals surface area contributed by atoms with E-state index in [0.29, 0.717) is 49.1 Å². The Hall–Kier alpha value is -3.19. The van der Waals surface area contributed by atoms with Gasteiger partial charge in [0.15, 0.2) is 0 Å². The van der Waals surface area contributed by atoms with E-state index < -0.39 is 0 Å². The van der Waals surface area contributed by atoms with Gasteiger partial charge < -0.3 is 19.5 Å². The number of H-pyrrole nitrogens is 1. The molecule has 7 nitrogen and oxygen atoms in total. The third-order valence-corrected chi connectivity index (χ3v) is 6.09. The first-order valence-corrected chi connectivity index (χ1v) is 11.6. The van der Waals surface area contributed by atoms with E-state index in [-0.39, 0.29) is 17.6 Å². The van der Waals surface area contributed by atoms with Crippen LogP contribution >= 0.6 is 0 Å². The average Bonchev–Trinajstić information content (AvgIpc) is 3.32. The van der Waals surface area contributed by atoms with Gasteiger partial charge in [-0.2, -0.15) is 0 Å². The highest BCUT2D eigenvalue weighted by atomic mass is 16.5. The van der Waals surface area contributed by atoms with E-state index in [0.717, 1.165) is 30.7 Å². The fourth-order valence-corrected chi connectivity index (χ4v) is 4.23. The second-order valence-corrected chi connectivity index (χ2v) is 8.85. The van der Waals surface area contributed by atoms with Gasteiger partial charge in [-0.05, 0) is 49.1 Å². The molecular weight excluding hydrogens is 416 g/mol. The van der Waals surface area contributed by atoms with Crippen molar-refractivity contribution in [2.75, 3.05) is 32.1 Å². The van der Waals surface area contributed by atoms with Gasteiger partial charge in [-0.25, -0.2) is 4.98 Å². The number of benzene rings is 2. The van der Waals surface area contributed by atoms with Crippen LogP contribution in [0.25, 0.3) is 10.9 Å². The first kappa shape index (κ1) is 23.0. The van der Waals surface area contributed by atoms with Crippen LogP contribution in [0, 0.1) is 0 Å². The number of aromatic nitrogens is 2. The molecule has 1 fully saturated rings. The SMILES string of the molecule is CN(C)c1ccc(CN(CC2CCCO2)C(=O)CCCc2nc3ccccc3c(=O)[nH]2)cc1. The number of fused-ring (bicyclic) bond motifs is 1. The number of amides is 1. The van der Waals surface area contributed by atoms with Crippen molar-refractivity contribution in [2.45, 2.75) is 44.8 Å². The highest BCUT2D eigenvalue weighted by Crippen LogP contribution is 2.18. The number of hydrogen-bond donors (Lipinski definition) is 1. The third kappa shape index (κ3) is 5.99. The van der Waals surface area contributed by atoms with Crippen LogP contribution in [-0.2, 0) is 22.5 Å². The number of para-hydroxylation sites is 1. The molecule has 1 amide bonds. The van der Waals surface area contributed by atoms with Crippen molar-refractivity contribution < 1.29 is 9.53 Å². The van der Waals surface area contributed by atoms with Gasteiger partial charge in [0.05, 0.1) is 17.0 Å². The first-order valence-electron chi connectivity index (χ1n) is 11.6. The summed E-state index contributed by atoms with van der Waals surface area (Å²) in [6, 6.07) is 15.6. The Balaban J connectivity index is 1.39. The number of ether oxygens (including phenoxy) is 1. The maximum absolute atomic E-state index is 13.1. The molecule has 0 bridgehead atoms. The number of nitrogens with one attached hydrogen (secondary N) is 1. The standard InChI is InChI=1S/C26H32N4O3/c1-29(2)20-14-12-19(13-15-20)17-30(18-21-7-6-16-33-21)25(31)11-5-10-24-27-23-9-4-3-8-22(23)26(32)28-24/h3-4,8-9,12-15,21H,5-7,10-11,16-18H2,1-2H3,(H,27,28,32). The first-order chi connectivity index (χ1) is 16.0. The quantitative estimate of drug-likeness (QED) is 0.542. The number of hydrogen-bond acceptors (Lipinski definition) is 5. The lowest BCUT2D eigenvalue weighted by atomic mass is 10.1. The lowest BCUT2D eigenvalue weighted by Gasteiger charge is -2.26. The van der Waals surface area contributed by atoms with E-state index in [1.54, 1.807) is 6.07 Å². The minimum Gasteiger partial charge on any atom is -0.378 e. The molecule has 1 aliphatic heterocycles. The van der Waals surface area contributed by atoms with Crippen LogP contribution in [0.1, 0.15) is 37.1 Å². The van der Waals surface area contributed by atoms with Crippen LogP contribution in [0.4, 0.5) is 5.69 Å². The molecular formula is C26H32N4O3. The highest BCUT2D eigenvalue weighted by Gasteiger charge is 2.22. The normalized spacial score (nSPS) is 15.6. The molecule has 1 saturated heterocycles. The summed E-state index contributed by atoms with van der Waals surface area (Å²) in [6.45, 7) is 1.95. The lowest BCUT2D eigenvalue weighted by molar-refractivity contribution is -0.133. The van der Waals surface area contributed by atoms with Crippen molar-refractivity contribution in [3.8, 4) is 0 Å². The van der Waals surface area contributed by atoms with Crippen molar-refractivity contribution in [3.63, 3.8) is 0 Å². The van der Waals surface area contributed by atoms with E-state index in [2.05, 4.69) is 39.1 Å². The van der Waals surface area contributed by atoms with Crippen molar-refractivity contribution in [3.05, 3.63) is 70.3 Å². The predicted octanol–water partition coefficient (Wildman–Crippen LogP) is 3.52. The Kier molecular flexibility index (Phi) is 7.40. The van der Waals surface area contributed by atoms with Gasteiger partial charge in [-0.3, -0.25) is 9.59 Å². The summed E-state index contributed by atoms with van der Waals surface area (Å²) in [6.07, 6.45) is 3.72. The van der Waals surface area contributed by atoms with Gasteiger partial charge in [0.25, 0.3) is 5.56 Å². The number of nitrogens with zero attached hydrogens (tertiary/aromatic N) is 3. The summed E-state index contributed by atoms with van der Waals surface area (Å²) in [5.41, 5.74) is 2.78. The van der Waals surface area contributed by atoms with Gasteiger partial charge in [-0.1, -0.05) is 24.3 Å². The summed E-state index contributed by atoms with van der Waals surface area (Å²) in [5, 5.41) is 0.584. The number of aryl methyl sites for hydroxylation is 1. The van der Waals surface area contributed by atoms with Gasteiger partial charge in [-0.15, -0.1) is 0 Å². The minimum atomic E-state index is -0.136.